The first kappa shape index (κ1) is 50.8. The van der Waals surface area contributed by atoms with Crippen LogP contribution in [0.5, 0.6) is 0 Å². The molecule has 0 heterocycles. The van der Waals surface area contributed by atoms with E-state index in [2.05, 4.69) is 26.0 Å². The highest BCUT2D eigenvalue weighted by Gasteiger charge is 2.27. The number of allylic oxidation sites excluding steroid dienone is 2. The van der Waals surface area contributed by atoms with E-state index in [1.807, 2.05) is 21.1 Å². The average Bonchev–Trinajstić information content (AvgIpc) is 3.09. The largest absolute Gasteiger partial charge is 0.472 e. The Labute approximate surface area is 320 Å². The van der Waals surface area contributed by atoms with E-state index in [9.17, 15) is 19.0 Å². The number of nitrogens with zero attached hydrogens (tertiary/aromatic N) is 1. The molecule has 0 aliphatic carbocycles. The van der Waals surface area contributed by atoms with Gasteiger partial charge in [-0.25, -0.2) is 4.57 Å². The fourth-order valence-electron chi connectivity index (χ4n) is 5.89. The summed E-state index contributed by atoms with van der Waals surface area (Å²) in [5.41, 5.74) is 0. The van der Waals surface area contributed by atoms with E-state index in [0.717, 1.165) is 44.9 Å². The van der Waals surface area contributed by atoms with Crippen molar-refractivity contribution in [3.63, 3.8) is 0 Å². The van der Waals surface area contributed by atoms with Crippen molar-refractivity contribution in [2.75, 3.05) is 47.5 Å². The van der Waals surface area contributed by atoms with Crippen LogP contribution in [-0.4, -0.2) is 74.9 Å². The third-order valence-electron chi connectivity index (χ3n) is 9.30. The van der Waals surface area contributed by atoms with Gasteiger partial charge in [-0.05, 0) is 38.5 Å². The van der Waals surface area contributed by atoms with Gasteiger partial charge in [0, 0.05) is 12.8 Å². The van der Waals surface area contributed by atoms with Gasteiger partial charge in [0.15, 0.2) is 6.10 Å². The van der Waals surface area contributed by atoms with E-state index in [4.69, 9.17) is 18.5 Å². The average molecular weight is 761 g/mol. The molecule has 2 atom stereocenters. The summed E-state index contributed by atoms with van der Waals surface area (Å²) in [6.45, 7) is 4.42. The summed E-state index contributed by atoms with van der Waals surface area (Å²) in [6, 6.07) is 0. The molecule has 1 N–H and O–H groups in total. The summed E-state index contributed by atoms with van der Waals surface area (Å²) in [5, 5.41) is 0. The highest BCUT2D eigenvalue weighted by Crippen LogP contribution is 2.43. The zero-order chi connectivity index (χ0) is 38.6. The van der Waals surface area contributed by atoms with Gasteiger partial charge in [-0.1, -0.05) is 154 Å². The maximum absolute atomic E-state index is 12.7. The molecule has 0 spiro atoms. The second-order valence-electron chi connectivity index (χ2n) is 15.7. The molecule has 10 heteroatoms. The van der Waals surface area contributed by atoms with Crippen LogP contribution in [0.15, 0.2) is 12.2 Å². The number of esters is 2. The molecule has 0 rings (SSSR count). The maximum Gasteiger partial charge on any atom is 0.472 e. The van der Waals surface area contributed by atoms with Crippen LogP contribution in [0.1, 0.15) is 194 Å². The summed E-state index contributed by atoms with van der Waals surface area (Å²) < 4.78 is 34.3. The number of phosphoric acid groups is 1. The minimum absolute atomic E-state index is 0.0338. The number of quaternary nitrogens is 1. The Morgan fingerprint density at radius 1 is 0.577 bits per heavy atom. The summed E-state index contributed by atoms with van der Waals surface area (Å²) in [6.07, 6.45) is 35.3. The number of unbranched alkanes of at least 4 members (excludes halogenated alkanes) is 23. The lowest BCUT2D eigenvalue weighted by Gasteiger charge is -2.24. The van der Waals surface area contributed by atoms with Crippen LogP contribution in [0.2, 0.25) is 0 Å². The Morgan fingerprint density at radius 3 is 1.44 bits per heavy atom. The van der Waals surface area contributed by atoms with Gasteiger partial charge in [0.05, 0.1) is 27.7 Å². The van der Waals surface area contributed by atoms with E-state index in [0.29, 0.717) is 23.9 Å². The SMILES string of the molecule is CCCCCC/C=C\CCCCCCCCCC(=O)O[C@H](COC(=O)CCCCCCCCCCCCCCC)COP(=O)(O)OCC[N+](C)(C)C. The van der Waals surface area contributed by atoms with Crippen molar-refractivity contribution in [1.29, 1.82) is 0 Å². The van der Waals surface area contributed by atoms with Gasteiger partial charge >= 0.3 is 19.8 Å². The molecule has 0 aliphatic rings. The molecule has 0 bridgehead atoms. The number of carbonyl (C=O) groups is 2. The molecule has 9 nitrogen and oxygen atoms in total. The van der Waals surface area contributed by atoms with Gasteiger partial charge < -0.3 is 18.9 Å². The predicted octanol–water partition coefficient (Wildman–Crippen LogP) is 11.8. The second-order valence-corrected chi connectivity index (χ2v) is 17.2. The van der Waals surface area contributed by atoms with Crippen LogP contribution < -0.4 is 0 Å². The van der Waals surface area contributed by atoms with Crippen molar-refractivity contribution in [2.45, 2.75) is 200 Å². The van der Waals surface area contributed by atoms with Gasteiger partial charge in [0.2, 0.25) is 0 Å². The van der Waals surface area contributed by atoms with Crippen molar-refractivity contribution in [3.8, 4) is 0 Å². The Balaban J connectivity index is 4.36. The summed E-state index contributed by atoms with van der Waals surface area (Å²) in [5.74, 6) is -0.796. The number of phosphoric ester groups is 1. The van der Waals surface area contributed by atoms with Crippen LogP contribution in [0.25, 0.3) is 0 Å². The number of hydrogen-bond donors (Lipinski definition) is 1. The molecule has 52 heavy (non-hydrogen) atoms. The molecular formula is C42H83NO8P+. The standard InChI is InChI=1S/C42H82NO8P/c1-6-8-10-12-14-16-18-20-21-23-25-27-29-31-33-35-42(45)51-40(39-50-52(46,47)49-37-36-43(3,4)5)38-48-41(44)34-32-30-28-26-24-22-19-17-15-13-11-9-7-2/h16,18,40H,6-15,17,19-39H2,1-5H3/p+1/b18-16-/t40-/m1/s1. The third-order valence-corrected chi connectivity index (χ3v) is 10.3. The molecule has 0 amide bonds. The molecule has 1 unspecified atom stereocenters. The molecular weight excluding hydrogens is 677 g/mol. The van der Waals surface area contributed by atoms with Crippen molar-refractivity contribution >= 4 is 19.8 Å². The normalized spacial score (nSPS) is 13.7. The molecule has 0 aromatic heterocycles. The Morgan fingerprint density at radius 2 is 0.981 bits per heavy atom. The summed E-state index contributed by atoms with van der Waals surface area (Å²) >= 11 is 0. The van der Waals surface area contributed by atoms with E-state index in [1.165, 1.54) is 116 Å². The van der Waals surface area contributed by atoms with Crippen molar-refractivity contribution in [3.05, 3.63) is 12.2 Å². The van der Waals surface area contributed by atoms with Crippen molar-refractivity contribution in [2.24, 2.45) is 0 Å². The zero-order valence-electron chi connectivity index (χ0n) is 34.6. The smallest absolute Gasteiger partial charge is 0.462 e. The Hall–Kier alpha value is -1.25. The summed E-state index contributed by atoms with van der Waals surface area (Å²) in [4.78, 5) is 35.3. The van der Waals surface area contributed by atoms with Gasteiger partial charge in [-0.15, -0.1) is 0 Å². The number of rotatable bonds is 39. The Kier molecular flexibility index (Phi) is 34.6. The highest BCUT2D eigenvalue weighted by atomic mass is 31.2. The van der Waals surface area contributed by atoms with E-state index < -0.39 is 26.5 Å². The lowest BCUT2D eigenvalue weighted by atomic mass is 10.0. The molecule has 0 fully saturated rings. The first-order valence-corrected chi connectivity index (χ1v) is 22.9. The predicted molar refractivity (Wildman–Crippen MR) is 215 cm³/mol. The first-order valence-electron chi connectivity index (χ1n) is 21.4. The van der Waals surface area contributed by atoms with Gasteiger partial charge in [0.1, 0.15) is 19.8 Å². The monoisotopic (exact) mass is 761 g/mol. The van der Waals surface area contributed by atoms with E-state index >= 15 is 0 Å². The summed E-state index contributed by atoms with van der Waals surface area (Å²) in [7, 11) is 1.48. The number of hydrogen-bond acceptors (Lipinski definition) is 7. The maximum atomic E-state index is 12.7. The van der Waals surface area contributed by atoms with E-state index in [-0.39, 0.29) is 25.6 Å². The number of ether oxygens (including phenoxy) is 2. The topological polar surface area (TPSA) is 108 Å². The number of carbonyl (C=O) groups excluding carboxylic acids is 2. The lowest BCUT2D eigenvalue weighted by molar-refractivity contribution is -0.870. The quantitative estimate of drug-likeness (QED) is 0.0217. The van der Waals surface area contributed by atoms with Gasteiger partial charge in [-0.3, -0.25) is 18.6 Å². The highest BCUT2D eigenvalue weighted by molar-refractivity contribution is 7.47. The van der Waals surface area contributed by atoms with Crippen LogP contribution >= 0.6 is 7.82 Å². The molecule has 0 saturated carbocycles. The molecule has 0 aromatic carbocycles. The Bertz CT molecular complexity index is 907. The first-order chi connectivity index (χ1) is 25.0. The lowest BCUT2D eigenvalue weighted by Crippen LogP contribution is -2.37. The van der Waals surface area contributed by atoms with Crippen LogP contribution in [0.4, 0.5) is 0 Å². The van der Waals surface area contributed by atoms with Crippen LogP contribution in [0, 0.1) is 0 Å². The van der Waals surface area contributed by atoms with Gasteiger partial charge in [-0.2, -0.15) is 0 Å². The molecule has 0 aromatic rings. The van der Waals surface area contributed by atoms with Crippen LogP contribution in [-0.2, 0) is 32.7 Å². The number of likely N-dealkylation sites (N-methyl/N-ethyl adjacent to an activating group) is 1. The van der Waals surface area contributed by atoms with Crippen LogP contribution in [0.3, 0.4) is 0 Å². The molecule has 0 saturated heterocycles. The third kappa shape index (κ3) is 38.5. The van der Waals surface area contributed by atoms with Crippen molar-refractivity contribution < 1.29 is 42.1 Å². The molecule has 308 valence electrons. The molecule has 0 aliphatic heterocycles. The minimum Gasteiger partial charge on any atom is -0.462 e. The van der Waals surface area contributed by atoms with E-state index in [1.54, 1.807) is 0 Å². The van der Waals surface area contributed by atoms with Gasteiger partial charge in [0.25, 0.3) is 0 Å². The zero-order valence-corrected chi connectivity index (χ0v) is 35.5. The second kappa shape index (κ2) is 35.5. The fourth-order valence-corrected chi connectivity index (χ4v) is 6.63. The molecule has 0 radical (unpaired) electrons. The fraction of sp³-hybridized carbons (Fsp3) is 0.905. The minimum atomic E-state index is -4.37. The van der Waals surface area contributed by atoms with Crippen molar-refractivity contribution in [1.82, 2.24) is 0 Å².